The molecular weight excluding hydrogens is 362 g/mol. The van der Waals surface area contributed by atoms with Crippen LogP contribution in [0.3, 0.4) is 0 Å². The molecule has 0 spiro atoms. The van der Waals surface area contributed by atoms with Crippen LogP contribution >= 0.6 is 0 Å². The third kappa shape index (κ3) is 7.62. The molecule has 0 radical (unpaired) electrons. The first-order chi connectivity index (χ1) is 10.1. The van der Waals surface area contributed by atoms with Crippen molar-refractivity contribution < 1.29 is 92.1 Å². The average Bonchev–Trinajstić information content (AvgIpc) is 2.67. The topological polar surface area (TPSA) is 170 Å². The van der Waals surface area contributed by atoms with Gasteiger partial charge in [-0.3, -0.25) is 4.79 Å². The molecule has 12 heteroatoms. The molecule has 1 aliphatic rings. The molecule has 2 rings (SSSR count). The number of carbonyl (C=O) groups excluding carboxylic acids is 3. The maximum Gasteiger partial charge on any atom is 1.00 e. The zero-order valence-electron chi connectivity index (χ0n) is 13.1. The van der Waals surface area contributed by atoms with Crippen molar-refractivity contribution in [3.63, 3.8) is 0 Å². The molecule has 0 bridgehead atoms. The van der Waals surface area contributed by atoms with Gasteiger partial charge in [0.25, 0.3) is 15.9 Å². The van der Waals surface area contributed by atoms with E-state index in [1.54, 1.807) is 12.1 Å². The summed E-state index contributed by atoms with van der Waals surface area (Å²) < 4.78 is 24.2. The summed E-state index contributed by atoms with van der Waals surface area (Å²) >= 11 is 0. The van der Waals surface area contributed by atoms with Crippen LogP contribution in [0.15, 0.2) is 29.2 Å². The monoisotopic (exact) mass is 374 g/mol. The van der Waals surface area contributed by atoms with E-state index in [4.69, 9.17) is 5.73 Å². The fraction of sp³-hybridized carbons (Fsp3) is 0.250. The Morgan fingerprint density at radius 3 is 2.17 bits per heavy atom. The van der Waals surface area contributed by atoms with Crippen LogP contribution < -0.4 is 79.8 Å². The number of hydrogen-bond acceptors (Lipinski definition) is 8. The van der Waals surface area contributed by atoms with Gasteiger partial charge in [-0.15, -0.1) is 0 Å². The van der Waals surface area contributed by atoms with Crippen molar-refractivity contribution in [2.24, 2.45) is 5.73 Å². The van der Waals surface area contributed by atoms with Crippen molar-refractivity contribution >= 4 is 27.9 Å². The van der Waals surface area contributed by atoms with Crippen molar-refractivity contribution in [2.75, 3.05) is 0 Å². The van der Waals surface area contributed by atoms with E-state index in [1.165, 1.54) is 12.1 Å². The Labute approximate surface area is 182 Å². The van der Waals surface area contributed by atoms with Crippen LogP contribution in [-0.2, 0) is 19.6 Å². The van der Waals surface area contributed by atoms with Crippen molar-refractivity contribution in [1.82, 2.24) is 4.72 Å². The maximum absolute atomic E-state index is 11.1. The minimum absolute atomic E-state index is 0. The minimum Gasteiger partial charge on any atom is -0.550 e. The number of benzene rings is 1. The Balaban J connectivity index is 0. The molecule has 0 saturated heterocycles. The number of nitrogens with two attached hydrogens (primary N) is 1. The Morgan fingerprint density at radius 1 is 1.17 bits per heavy atom. The van der Waals surface area contributed by atoms with Gasteiger partial charge >= 0.3 is 59.1 Å². The van der Waals surface area contributed by atoms with Crippen LogP contribution in [0.4, 0.5) is 0 Å². The van der Waals surface area contributed by atoms with Gasteiger partial charge in [0.2, 0.25) is 0 Å². The summed E-state index contributed by atoms with van der Waals surface area (Å²) in [6, 6.07) is 4.88. The van der Waals surface area contributed by atoms with Gasteiger partial charge in [-0.05, 0) is 25.0 Å². The summed E-state index contributed by atoms with van der Waals surface area (Å²) in [5.41, 5.74) is 5.13. The molecule has 1 aliphatic heterocycles. The minimum atomic E-state index is -3.55. The standard InChI is InChI=1S/C7H5NO3S.C5H9NO4.2Na/c9-7-5-3-1-2-4-6(5)12(10,11)8-7;6-3(5(9)10)1-2-4(7)8;;/h1-4H,(H,8,9);3H,1-2,6H2,(H,7,8)(H,9,10);;/q;;2*+1/p-2. The smallest absolute Gasteiger partial charge is 0.550 e. The molecule has 1 unspecified atom stereocenters. The number of nitrogens with one attached hydrogen (secondary N) is 1. The SMILES string of the molecule is NC(CCC(=O)[O-])C(=O)[O-].O=C1NS(=O)(=O)c2ccccc21.[Na+].[Na+]. The third-order valence-corrected chi connectivity index (χ3v) is 4.00. The molecule has 9 nitrogen and oxygen atoms in total. The molecule has 0 fully saturated rings. The Kier molecular flexibility index (Phi) is 12.0. The zero-order valence-corrected chi connectivity index (χ0v) is 18.0. The van der Waals surface area contributed by atoms with E-state index in [0.717, 1.165) is 0 Å². The molecule has 0 saturated carbocycles. The van der Waals surface area contributed by atoms with Gasteiger partial charge in [0.1, 0.15) is 4.90 Å². The molecule has 3 N–H and O–H groups in total. The van der Waals surface area contributed by atoms with Crippen molar-refractivity contribution in [3.8, 4) is 0 Å². The fourth-order valence-corrected chi connectivity index (χ4v) is 2.68. The summed E-state index contributed by atoms with van der Waals surface area (Å²) in [5, 5.41) is 19.6. The second-order valence-electron chi connectivity index (χ2n) is 4.27. The molecule has 1 aromatic carbocycles. The number of carbonyl (C=O) groups is 3. The van der Waals surface area contributed by atoms with E-state index in [9.17, 15) is 33.0 Å². The first-order valence-electron chi connectivity index (χ1n) is 5.97. The first-order valence-corrected chi connectivity index (χ1v) is 7.46. The summed E-state index contributed by atoms with van der Waals surface area (Å²) in [4.78, 5) is 30.7. The van der Waals surface area contributed by atoms with Crippen molar-refractivity contribution in [3.05, 3.63) is 29.8 Å². The van der Waals surface area contributed by atoms with E-state index in [-0.39, 0.29) is 82.4 Å². The van der Waals surface area contributed by atoms with Gasteiger partial charge in [-0.1, -0.05) is 12.1 Å². The summed E-state index contributed by atoms with van der Waals surface area (Å²) in [7, 11) is -3.55. The van der Waals surface area contributed by atoms with E-state index in [2.05, 4.69) is 0 Å². The number of carboxylic acids is 2. The van der Waals surface area contributed by atoms with Crippen LogP contribution in [-0.4, -0.2) is 32.3 Å². The number of fused-ring (bicyclic) bond motifs is 1. The predicted octanol–water partition coefficient (Wildman–Crippen LogP) is -9.28. The number of amides is 1. The first kappa shape index (κ1) is 25.8. The molecule has 0 aliphatic carbocycles. The quantitative estimate of drug-likeness (QED) is 0.489. The normalized spacial score (nSPS) is 14.5. The van der Waals surface area contributed by atoms with E-state index in [1.807, 2.05) is 4.72 Å². The van der Waals surface area contributed by atoms with Crippen molar-refractivity contribution in [1.29, 1.82) is 0 Å². The van der Waals surface area contributed by atoms with E-state index in [0.29, 0.717) is 0 Å². The van der Waals surface area contributed by atoms with Gasteiger partial charge in [-0.25, -0.2) is 13.1 Å². The average molecular weight is 374 g/mol. The number of sulfonamides is 1. The van der Waals surface area contributed by atoms with Crippen LogP contribution in [0.25, 0.3) is 0 Å². The van der Waals surface area contributed by atoms with Gasteiger partial charge in [0.15, 0.2) is 0 Å². The summed E-state index contributed by atoms with van der Waals surface area (Å²) in [5.74, 6) is -3.30. The molecule has 120 valence electrons. The zero-order chi connectivity index (χ0) is 16.9. The van der Waals surface area contributed by atoms with Crippen LogP contribution in [0.1, 0.15) is 23.2 Å². The fourth-order valence-electron chi connectivity index (χ4n) is 1.51. The number of carboxylic acid groups (broad SMARTS) is 2. The molecule has 24 heavy (non-hydrogen) atoms. The Morgan fingerprint density at radius 2 is 1.71 bits per heavy atom. The van der Waals surface area contributed by atoms with Gasteiger partial charge < -0.3 is 25.5 Å². The maximum atomic E-state index is 11.1. The summed E-state index contributed by atoms with van der Waals surface area (Å²) in [6.07, 6.45) is -0.500. The molecule has 1 amide bonds. The molecule has 0 aromatic heterocycles. The number of rotatable bonds is 4. The largest absolute Gasteiger partial charge is 1.00 e. The van der Waals surface area contributed by atoms with Crippen LogP contribution in [0.5, 0.6) is 0 Å². The third-order valence-electron chi connectivity index (χ3n) is 2.61. The van der Waals surface area contributed by atoms with Crippen LogP contribution in [0, 0.1) is 0 Å². The van der Waals surface area contributed by atoms with Crippen molar-refractivity contribution in [2.45, 2.75) is 23.8 Å². The Bertz CT molecular complexity index is 709. The van der Waals surface area contributed by atoms with Gasteiger partial charge in [-0.2, -0.15) is 0 Å². The second kappa shape index (κ2) is 11.2. The Hall–Kier alpha value is -0.460. The molecule has 1 aromatic rings. The molecule has 1 heterocycles. The second-order valence-corrected chi connectivity index (χ2v) is 5.92. The predicted molar refractivity (Wildman–Crippen MR) is 68.3 cm³/mol. The van der Waals surface area contributed by atoms with Gasteiger partial charge in [0, 0.05) is 12.0 Å². The number of aliphatic carboxylic acids is 2. The molecular formula is C12H12N2Na2O7S. The number of hydrogen-bond donors (Lipinski definition) is 2. The molecule has 1 atom stereocenters. The van der Waals surface area contributed by atoms with E-state index < -0.39 is 33.9 Å². The van der Waals surface area contributed by atoms with E-state index >= 15 is 0 Å². The van der Waals surface area contributed by atoms with Gasteiger partial charge in [0.05, 0.1) is 11.5 Å². The van der Waals surface area contributed by atoms with Crippen LogP contribution in [0.2, 0.25) is 0 Å². The summed E-state index contributed by atoms with van der Waals surface area (Å²) in [6.45, 7) is 0.